The summed E-state index contributed by atoms with van der Waals surface area (Å²) in [5.41, 5.74) is 0.566. The average Bonchev–Trinajstić information content (AvgIpc) is 2.29. The normalized spacial score (nSPS) is 9.67. The monoisotopic (exact) mass is 205 g/mol. The molecule has 0 saturated carbocycles. The Morgan fingerprint density at radius 1 is 1.20 bits per heavy atom. The molecule has 1 aromatic rings. The summed E-state index contributed by atoms with van der Waals surface area (Å²) >= 11 is 0. The van der Waals surface area contributed by atoms with Crippen molar-refractivity contribution in [3.63, 3.8) is 0 Å². The molecule has 1 heterocycles. The van der Waals surface area contributed by atoms with Gasteiger partial charge in [-0.25, -0.2) is 4.98 Å². The van der Waals surface area contributed by atoms with Gasteiger partial charge in [0.15, 0.2) is 0 Å². The summed E-state index contributed by atoms with van der Waals surface area (Å²) in [7, 11) is 0. The molecule has 0 aliphatic rings. The number of anilines is 1. The molecule has 0 unspecified atom stereocenters. The van der Waals surface area contributed by atoms with Gasteiger partial charge in [-0.2, -0.15) is 0 Å². The van der Waals surface area contributed by atoms with E-state index in [1.54, 1.807) is 24.5 Å². The van der Waals surface area contributed by atoms with Gasteiger partial charge in [-0.15, -0.1) is 13.2 Å². The van der Waals surface area contributed by atoms with Crippen LogP contribution in [0.4, 0.5) is 5.82 Å². The van der Waals surface area contributed by atoms with Gasteiger partial charge >= 0.3 is 0 Å². The zero-order chi connectivity index (χ0) is 11.1. The Labute approximate surface area is 89.6 Å². The van der Waals surface area contributed by atoms with Crippen LogP contribution in [0.5, 0.6) is 0 Å². The van der Waals surface area contributed by atoms with E-state index in [0.717, 1.165) is 5.82 Å². The molecule has 0 fully saturated rings. The van der Waals surface area contributed by atoms with Gasteiger partial charge in [-0.3, -0.25) is 4.98 Å². The van der Waals surface area contributed by atoms with Gasteiger partial charge in [-0.05, 0) is 0 Å². The Hall–Kier alpha value is -1.68. The van der Waals surface area contributed by atoms with Gasteiger partial charge in [0, 0.05) is 13.1 Å². The van der Waals surface area contributed by atoms with Crippen LogP contribution in [0.15, 0.2) is 37.7 Å². The zero-order valence-electron chi connectivity index (χ0n) is 8.63. The lowest BCUT2D eigenvalue weighted by Gasteiger charge is -2.19. The highest BCUT2D eigenvalue weighted by molar-refractivity contribution is 5.37. The molecule has 1 N–H and O–H groups in total. The van der Waals surface area contributed by atoms with E-state index in [4.69, 9.17) is 5.11 Å². The van der Waals surface area contributed by atoms with Crippen LogP contribution in [0.2, 0.25) is 0 Å². The Balaban J connectivity index is 2.80. The van der Waals surface area contributed by atoms with Gasteiger partial charge in [0.25, 0.3) is 0 Å². The van der Waals surface area contributed by atoms with E-state index in [-0.39, 0.29) is 6.61 Å². The first kappa shape index (κ1) is 11.4. The molecule has 0 aromatic carbocycles. The number of aromatic nitrogens is 2. The molecule has 4 nitrogen and oxygen atoms in total. The summed E-state index contributed by atoms with van der Waals surface area (Å²) < 4.78 is 0. The third-order valence-corrected chi connectivity index (χ3v) is 1.88. The van der Waals surface area contributed by atoms with Crippen LogP contribution in [-0.2, 0) is 6.61 Å². The molecule has 15 heavy (non-hydrogen) atoms. The first-order chi connectivity index (χ1) is 7.31. The van der Waals surface area contributed by atoms with Crippen LogP contribution in [0.1, 0.15) is 5.69 Å². The summed E-state index contributed by atoms with van der Waals surface area (Å²) in [5, 5.41) is 8.83. The smallest absolute Gasteiger partial charge is 0.147 e. The van der Waals surface area contributed by atoms with Crippen molar-refractivity contribution in [2.75, 3.05) is 18.0 Å². The first-order valence-electron chi connectivity index (χ1n) is 4.70. The number of rotatable bonds is 6. The fourth-order valence-electron chi connectivity index (χ4n) is 1.17. The minimum absolute atomic E-state index is 0.0871. The van der Waals surface area contributed by atoms with Gasteiger partial charge in [0.05, 0.1) is 24.7 Å². The van der Waals surface area contributed by atoms with Crippen molar-refractivity contribution in [3.8, 4) is 0 Å². The van der Waals surface area contributed by atoms with E-state index < -0.39 is 0 Å². The molecule has 0 amide bonds. The average molecular weight is 205 g/mol. The van der Waals surface area contributed by atoms with Gasteiger partial charge in [-0.1, -0.05) is 12.2 Å². The van der Waals surface area contributed by atoms with Crippen LogP contribution in [0.3, 0.4) is 0 Å². The molecule has 0 bridgehead atoms. The van der Waals surface area contributed by atoms with E-state index in [1.807, 2.05) is 4.90 Å². The van der Waals surface area contributed by atoms with Crippen molar-refractivity contribution in [1.29, 1.82) is 0 Å². The van der Waals surface area contributed by atoms with Crippen LogP contribution >= 0.6 is 0 Å². The number of hydrogen-bond donors (Lipinski definition) is 1. The number of hydrogen-bond acceptors (Lipinski definition) is 4. The number of nitrogens with zero attached hydrogens (tertiary/aromatic N) is 3. The molecule has 1 aromatic heterocycles. The summed E-state index contributed by atoms with van der Waals surface area (Å²) in [5.74, 6) is 0.756. The molecule has 1 rings (SSSR count). The summed E-state index contributed by atoms with van der Waals surface area (Å²) in [6.45, 7) is 8.66. The van der Waals surface area contributed by atoms with E-state index >= 15 is 0 Å². The second kappa shape index (κ2) is 5.93. The fourth-order valence-corrected chi connectivity index (χ4v) is 1.17. The molecular weight excluding hydrogens is 190 g/mol. The molecule has 0 radical (unpaired) electrons. The van der Waals surface area contributed by atoms with E-state index in [1.165, 1.54) is 0 Å². The maximum atomic E-state index is 8.83. The molecule has 0 saturated heterocycles. The summed E-state index contributed by atoms with van der Waals surface area (Å²) in [6, 6.07) is 0. The van der Waals surface area contributed by atoms with Crippen molar-refractivity contribution >= 4 is 5.82 Å². The quantitative estimate of drug-likeness (QED) is 0.708. The predicted molar refractivity (Wildman–Crippen MR) is 60.6 cm³/mol. The third kappa shape index (κ3) is 3.18. The Kier molecular flexibility index (Phi) is 4.50. The molecule has 0 atom stereocenters. The van der Waals surface area contributed by atoms with Gasteiger partial charge < -0.3 is 10.0 Å². The Morgan fingerprint density at radius 3 is 2.27 bits per heavy atom. The molecule has 0 aliphatic carbocycles. The zero-order valence-corrected chi connectivity index (χ0v) is 8.63. The molecule has 80 valence electrons. The minimum Gasteiger partial charge on any atom is -0.390 e. The lowest BCUT2D eigenvalue weighted by molar-refractivity contribution is 0.276. The van der Waals surface area contributed by atoms with Crippen LogP contribution in [0.25, 0.3) is 0 Å². The van der Waals surface area contributed by atoms with E-state index in [9.17, 15) is 0 Å². The van der Waals surface area contributed by atoms with Crippen LogP contribution in [0, 0.1) is 0 Å². The summed E-state index contributed by atoms with van der Waals surface area (Å²) in [4.78, 5) is 10.2. The van der Waals surface area contributed by atoms with Crippen LogP contribution < -0.4 is 4.90 Å². The van der Waals surface area contributed by atoms with E-state index in [0.29, 0.717) is 18.8 Å². The van der Waals surface area contributed by atoms with Crippen molar-refractivity contribution in [3.05, 3.63) is 43.4 Å². The van der Waals surface area contributed by atoms with Crippen molar-refractivity contribution in [1.82, 2.24) is 9.97 Å². The second-order valence-electron chi connectivity index (χ2n) is 3.01. The van der Waals surface area contributed by atoms with Crippen LogP contribution in [-0.4, -0.2) is 28.2 Å². The largest absolute Gasteiger partial charge is 0.390 e. The Morgan fingerprint density at radius 2 is 1.87 bits per heavy atom. The number of aliphatic hydroxyl groups excluding tert-OH is 1. The highest BCUT2D eigenvalue weighted by Gasteiger charge is 2.04. The highest BCUT2D eigenvalue weighted by atomic mass is 16.3. The van der Waals surface area contributed by atoms with Crippen molar-refractivity contribution in [2.45, 2.75) is 6.61 Å². The third-order valence-electron chi connectivity index (χ3n) is 1.88. The fraction of sp³-hybridized carbons (Fsp3) is 0.273. The highest BCUT2D eigenvalue weighted by Crippen LogP contribution is 2.08. The van der Waals surface area contributed by atoms with E-state index in [2.05, 4.69) is 23.1 Å². The Bertz CT molecular complexity index is 311. The molecule has 0 aliphatic heterocycles. The SMILES string of the molecule is C=CCN(CC=C)c1cnc(CO)cn1. The standard InChI is InChI=1S/C11H15N3O/c1-3-5-14(6-4-2)11-8-12-10(9-15)7-13-11/h3-4,7-8,15H,1-2,5-6,9H2. The van der Waals surface area contributed by atoms with Gasteiger partial charge in [0.1, 0.15) is 5.82 Å². The number of aliphatic hydroxyl groups is 1. The molecule has 0 spiro atoms. The second-order valence-corrected chi connectivity index (χ2v) is 3.01. The first-order valence-corrected chi connectivity index (χ1v) is 4.70. The predicted octanol–water partition coefficient (Wildman–Crippen LogP) is 1.15. The summed E-state index contributed by atoms with van der Waals surface area (Å²) in [6.07, 6.45) is 6.79. The van der Waals surface area contributed by atoms with Crippen molar-refractivity contribution < 1.29 is 5.11 Å². The lowest BCUT2D eigenvalue weighted by atomic mass is 10.4. The molecule has 4 heteroatoms. The van der Waals surface area contributed by atoms with Gasteiger partial charge in [0.2, 0.25) is 0 Å². The topological polar surface area (TPSA) is 49.2 Å². The van der Waals surface area contributed by atoms with Crippen molar-refractivity contribution in [2.24, 2.45) is 0 Å². The maximum absolute atomic E-state index is 8.83. The lowest BCUT2D eigenvalue weighted by Crippen LogP contribution is -2.24. The minimum atomic E-state index is -0.0871. The molecular formula is C11H15N3O. The maximum Gasteiger partial charge on any atom is 0.147 e.